The van der Waals surface area contributed by atoms with Crippen LogP contribution in [0.25, 0.3) is 0 Å². The molecule has 23 heavy (non-hydrogen) atoms. The number of aliphatic hydroxyl groups is 1. The molecule has 1 saturated heterocycles. The largest absolute Gasteiger partial charge is 0.389 e. The van der Waals surface area contributed by atoms with Gasteiger partial charge >= 0.3 is 0 Å². The zero-order chi connectivity index (χ0) is 16.5. The van der Waals surface area contributed by atoms with Crippen molar-refractivity contribution < 1.29 is 19.3 Å². The smallest absolute Gasteiger partial charge is 0.158 e. The van der Waals surface area contributed by atoms with Crippen molar-refractivity contribution in [3.63, 3.8) is 0 Å². The van der Waals surface area contributed by atoms with Crippen molar-refractivity contribution in [1.29, 1.82) is 0 Å². The van der Waals surface area contributed by atoms with E-state index in [1.54, 1.807) is 7.11 Å². The maximum Gasteiger partial charge on any atom is 0.158 e. The van der Waals surface area contributed by atoms with Crippen LogP contribution in [-0.4, -0.2) is 42.1 Å². The normalized spacial score (nSPS) is 28.0. The topological polar surface area (TPSA) is 47.9 Å². The molecule has 130 valence electrons. The quantitative estimate of drug-likeness (QED) is 0.519. The minimum absolute atomic E-state index is 0.0420. The Kier molecular flexibility index (Phi) is 8.55. The number of aliphatic hydroxyl groups excluding tert-OH is 1. The van der Waals surface area contributed by atoms with Gasteiger partial charge in [0.25, 0.3) is 0 Å². The fraction of sp³-hybridized carbons (Fsp3) is 0.667. The Hall–Kier alpha value is -0.460. The van der Waals surface area contributed by atoms with E-state index in [4.69, 9.17) is 14.2 Å². The van der Waals surface area contributed by atoms with Gasteiger partial charge in [0.1, 0.15) is 0 Å². The molecule has 0 aliphatic carbocycles. The van der Waals surface area contributed by atoms with Crippen molar-refractivity contribution in [2.24, 2.45) is 0 Å². The second kappa shape index (κ2) is 10.4. The van der Waals surface area contributed by atoms with Gasteiger partial charge in [-0.15, -0.1) is 0 Å². The summed E-state index contributed by atoms with van der Waals surface area (Å²) in [5.74, 6) is 0. The highest BCUT2D eigenvalue weighted by Gasteiger charge is 2.35. The second-order valence-corrected chi connectivity index (χ2v) is 7.15. The lowest BCUT2D eigenvalue weighted by molar-refractivity contribution is -0.210. The Morgan fingerprint density at radius 3 is 2.74 bits per heavy atom. The molecule has 2 rings (SSSR count). The summed E-state index contributed by atoms with van der Waals surface area (Å²) < 4.78 is 16.7. The Labute approximate surface area is 147 Å². The van der Waals surface area contributed by atoms with E-state index in [1.807, 2.05) is 18.2 Å². The Balaban J connectivity index is 1.54. The number of rotatable bonds is 9. The molecule has 0 radical (unpaired) electrons. The third-order valence-corrected chi connectivity index (χ3v) is 5.06. The minimum Gasteiger partial charge on any atom is -0.389 e. The third-order valence-electron chi connectivity index (χ3n) is 4.15. The molecule has 0 bridgehead atoms. The van der Waals surface area contributed by atoms with Crippen LogP contribution in [0.3, 0.4) is 0 Å². The lowest BCUT2D eigenvalue weighted by Crippen LogP contribution is -2.46. The van der Waals surface area contributed by atoms with E-state index in [-0.39, 0.29) is 17.2 Å². The number of unbranched alkanes of at least 4 members (excludes halogenated alkanes) is 2. The van der Waals surface area contributed by atoms with E-state index in [1.165, 1.54) is 5.56 Å². The van der Waals surface area contributed by atoms with E-state index in [0.29, 0.717) is 13.0 Å². The van der Waals surface area contributed by atoms with Crippen molar-refractivity contribution >= 4 is 15.9 Å². The van der Waals surface area contributed by atoms with Crippen LogP contribution < -0.4 is 0 Å². The first-order valence-electron chi connectivity index (χ1n) is 8.32. The van der Waals surface area contributed by atoms with Crippen LogP contribution in [0.2, 0.25) is 0 Å². The molecular weight excluding hydrogens is 360 g/mol. The van der Waals surface area contributed by atoms with E-state index < -0.39 is 6.10 Å². The highest BCUT2D eigenvalue weighted by molar-refractivity contribution is 9.09. The van der Waals surface area contributed by atoms with Gasteiger partial charge in [-0.3, -0.25) is 0 Å². The second-order valence-electron chi connectivity index (χ2n) is 5.97. The fourth-order valence-electron chi connectivity index (χ4n) is 2.77. The van der Waals surface area contributed by atoms with Crippen LogP contribution >= 0.6 is 15.9 Å². The van der Waals surface area contributed by atoms with Gasteiger partial charge in [-0.05, 0) is 18.4 Å². The van der Waals surface area contributed by atoms with Gasteiger partial charge < -0.3 is 19.3 Å². The molecule has 1 aliphatic rings. The molecule has 4 atom stereocenters. The van der Waals surface area contributed by atoms with Crippen LogP contribution in [0.15, 0.2) is 30.3 Å². The number of hydrogen-bond donors (Lipinski definition) is 1. The fourth-order valence-corrected chi connectivity index (χ4v) is 3.41. The van der Waals surface area contributed by atoms with Crippen LogP contribution in [0, 0.1) is 0 Å². The summed E-state index contributed by atoms with van der Waals surface area (Å²) in [7, 11) is 1.64. The molecule has 1 aliphatic heterocycles. The molecule has 1 aromatic carbocycles. The first-order chi connectivity index (χ1) is 11.2. The Morgan fingerprint density at radius 2 is 2.00 bits per heavy atom. The van der Waals surface area contributed by atoms with Crippen LogP contribution in [-0.2, 0) is 20.8 Å². The van der Waals surface area contributed by atoms with Gasteiger partial charge in [-0.1, -0.05) is 59.1 Å². The van der Waals surface area contributed by atoms with Gasteiger partial charge in [0.15, 0.2) is 6.29 Å². The zero-order valence-corrected chi connectivity index (χ0v) is 15.3. The number of halogens is 1. The maximum atomic E-state index is 10.2. The molecule has 4 unspecified atom stereocenters. The van der Waals surface area contributed by atoms with Gasteiger partial charge in [-0.2, -0.15) is 0 Å². The average Bonchev–Trinajstić information content (AvgIpc) is 2.58. The van der Waals surface area contributed by atoms with Crippen molar-refractivity contribution in [3.05, 3.63) is 35.9 Å². The summed E-state index contributed by atoms with van der Waals surface area (Å²) >= 11 is 3.51. The number of hydrogen-bond acceptors (Lipinski definition) is 4. The molecule has 4 nitrogen and oxygen atoms in total. The standard InChI is InChI=1S/C18H27BrO4/c1-21-17-12-15(19)18(20)16(23-17)10-6-3-7-11-22-13-14-8-4-2-5-9-14/h2,4-5,8-9,15-18,20H,3,6-7,10-13H2,1H3. The van der Waals surface area contributed by atoms with E-state index >= 15 is 0 Å². The summed E-state index contributed by atoms with van der Waals surface area (Å²) in [5.41, 5.74) is 1.21. The molecule has 0 amide bonds. The van der Waals surface area contributed by atoms with E-state index in [2.05, 4.69) is 28.1 Å². The number of alkyl halides is 1. The van der Waals surface area contributed by atoms with Crippen LogP contribution in [0.5, 0.6) is 0 Å². The molecule has 1 N–H and O–H groups in total. The number of ether oxygens (including phenoxy) is 3. The number of benzene rings is 1. The molecule has 5 heteroatoms. The predicted octanol–water partition coefficient (Wildman–Crippen LogP) is 3.65. The monoisotopic (exact) mass is 386 g/mol. The van der Waals surface area contributed by atoms with Crippen molar-refractivity contribution in [2.75, 3.05) is 13.7 Å². The maximum absolute atomic E-state index is 10.2. The molecule has 1 aromatic rings. The molecule has 0 spiro atoms. The van der Waals surface area contributed by atoms with E-state index in [9.17, 15) is 5.11 Å². The summed E-state index contributed by atoms with van der Waals surface area (Å²) in [6.07, 6.45) is 3.82. The zero-order valence-electron chi connectivity index (χ0n) is 13.7. The van der Waals surface area contributed by atoms with Gasteiger partial charge in [-0.25, -0.2) is 0 Å². The van der Waals surface area contributed by atoms with Crippen molar-refractivity contribution in [3.8, 4) is 0 Å². The minimum atomic E-state index is -0.462. The highest BCUT2D eigenvalue weighted by Crippen LogP contribution is 2.28. The summed E-state index contributed by atoms with van der Waals surface area (Å²) in [5, 5.41) is 10.2. The Morgan fingerprint density at radius 1 is 1.22 bits per heavy atom. The highest BCUT2D eigenvalue weighted by atomic mass is 79.9. The van der Waals surface area contributed by atoms with E-state index in [0.717, 1.165) is 32.3 Å². The van der Waals surface area contributed by atoms with Crippen molar-refractivity contribution in [2.45, 2.75) is 62.0 Å². The Bertz CT molecular complexity index is 428. The van der Waals surface area contributed by atoms with Gasteiger partial charge in [0.05, 0.1) is 18.8 Å². The SMILES string of the molecule is COC1CC(Br)C(O)C(CCCCCOCc2ccccc2)O1. The first-order valence-corrected chi connectivity index (χ1v) is 9.24. The summed E-state index contributed by atoms with van der Waals surface area (Å²) in [4.78, 5) is 0.0420. The first kappa shape index (κ1) is 18.9. The van der Waals surface area contributed by atoms with Crippen LogP contribution in [0.4, 0.5) is 0 Å². The molecule has 1 fully saturated rings. The lowest BCUT2D eigenvalue weighted by atomic mass is 9.99. The van der Waals surface area contributed by atoms with Gasteiger partial charge in [0.2, 0.25) is 0 Å². The number of methoxy groups -OCH3 is 1. The lowest BCUT2D eigenvalue weighted by Gasteiger charge is -2.36. The third kappa shape index (κ3) is 6.51. The molecular formula is C18H27BrO4. The molecule has 0 aromatic heterocycles. The average molecular weight is 387 g/mol. The van der Waals surface area contributed by atoms with Crippen LogP contribution in [0.1, 0.15) is 37.7 Å². The predicted molar refractivity (Wildman–Crippen MR) is 93.6 cm³/mol. The molecule has 1 heterocycles. The van der Waals surface area contributed by atoms with Gasteiger partial charge in [0, 0.05) is 25.0 Å². The summed E-state index contributed by atoms with van der Waals surface area (Å²) in [6.45, 7) is 1.44. The summed E-state index contributed by atoms with van der Waals surface area (Å²) in [6, 6.07) is 10.2. The molecule has 0 saturated carbocycles. The van der Waals surface area contributed by atoms with Crippen molar-refractivity contribution in [1.82, 2.24) is 0 Å².